The molecule has 152 valence electrons. The van der Waals surface area contributed by atoms with Crippen LogP contribution in [0.4, 0.5) is 0 Å². The van der Waals surface area contributed by atoms with Gasteiger partial charge in [-0.3, -0.25) is 4.79 Å². The van der Waals surface area contributed by atoms with Crippen molar-refractivity contribution in [3.63, 3.8) is 0 Å². The summed E-state index contributed by atoms with van der Waals surface area (Å²) in [5, 5.41) is 6.90. The van der Waals surface area contributed by atoms with Gasteiger partial charge < -0.3 is 10.1 Å². The number of aromatic nitrogens is 3. The van der Waals surface area contributed by atoms with Gasteiger partial charge in [0.1, 0.15) is 12.7 Å². The molecule has 0 radical (unpaired) electrons. The van der Waals surface area contributed by atoms with Crippen molar-refractivity contribution in [2.75, 3.05) is 19.5 Å². The minimum Gasteiger partial charge on any atom is -0.384 e. The van der Waals surface area contributed by atoms with E-state index in [0.717, 1.165) is 11.1 Å². The molecule has 0 saturated carbocycles. The summed E-state index contributed by atoms with van der Waals surface area (Å²) in [7, 11) is -1.96. The van der Waals surface area contributed by atoms with Gasteiger partial charge in [0.15, 0.2) is 9.84 Å². The Kier molecular flexibility index (Phi) is 6.73. The molecule has 0 saturated heterocycles. The number of carbonyl (C=O) groups excluding carboxylic acids is 1. The predicted octanol–water partition coefficient (Wildman–Crippen LogP) is 1.68. The summed E-state index contributed by atoms with van der Waals surface area (Å²) in [6, 6.07) is 13.7. The molecule has 0 spiro atoms. The second-order valence-corrected chi connectivity index (χ2v) is 8.54. The Labute approximate surface area is 169 Å². The number of methoxy groups -OCH3 is 1. The molecule has 29 heavy (non-hydrogen) atoms. The monoisotopic (exact) mass is 414 g/mol. The van der Waals surface area contributed by atoms with Crippen LogP contribution < -0.4 is 5.32 Å². The highest BCUT2D eigenvalue weighted by molar-refractivity contribution is 7.91. The zero-order valence-electron chi connectivity index (χ0n) is 16.0. The minimum absolute atomic E-state index is 0.0953. The van der Waals surface area contributed by atoms with E-state index in [0.29, 0.717) is 18.7 Å². The number of hydrogen-bond donors (Lipinski definition) is 1. The predicted molar refractivity (Wildman–Crippen MR) is 107 cm³/mol. The molecule has 0 aliphatic rings. The van der Waals surface area contributed by atoms with Gasteiger partial charge in [-0.05, 0) is 35.4 Å². The number of carbonyl (C=O) groups is 1. The summed E-state index contributed by atoms with van der Waals surface area (Å²) in [5.74, 6) is -0.361. The van der Waals surface area contributed by atoms with Gasteiger partial charge in [-0.25, -0.2) is 18.1 Å². The number of rotatable bonds is 9. The average Bonchev–Trinajstić information content (AvgIpc) is 3.25. The van der Waals surface area contributed by atoms with Gasteiger partial charge in [0.05, 0.1) is 23.8 Å². The number of benzene rings is 2. The lowest BCUT2D eigenvalue weighted by Crippen LogP contribution is -2.22. The maximum absolute atomic E-state index is 12.3. The SMILES string of the molecule is COCCS(=O)(=O)c1ccc(C(=O)NCc2ccc(Cn3cncn3)cc2)cc1. The Morgan fingerprint density at radius 3 is 2.38 bits per heavy atom. The molecular weight excluding hydrogens is 392 g/mol. The van der Waals surface area contributed by atoms with Crippen molar-refractivity contribution in [1.29, 1.82) is 0 Å². The van der Waals surface area contributed by atoms with E-state index < -0.39 is 9.84 Å². The summed E-state index contributed by atoms with van der Waals surface area (Å²) in [6.45, 7) is 1.13. The average molecular weight is 414 g/mol. The third kappa shape index (κ3) is 5.72. The number of sulfone groups is 1. The first-order chi connectivity index (χ1) is 14.0. The van der Waals surface area contributed by atoms with Crippen LogP contribution in [0.15, 0.2) is 66.1 Å². The summed E-state index contributed by atoms with van der Waals surface area (Å²) >= 11 is 0. The highest BCUT2D eigenvalue weighted by Gasteiger charge is 2.15. The third-order valence-electron chi connectivity index (χ3n) is 4.32. The lowest BCUT2D eigenvalue weighted by Gasteiger charge is -2.08. The summed E-state index contributed by atoms with van der Waals surface area (Å²) in [6.07, 6.45) is 3.15. The molecular formula is C20H22N4O4S. The van der Waals surface area contributed by atoms with Crippen LogP contribution in [-0.2, 0) is 27.7 Å². The maximum Gasteiger partial charge on any atom is 0.251 e. The van der Waals surface area contributed by atoms with E-state index in [1.54, 1.807) is 11.0 Å². The number of ether oxygens (including phenoxy) is 1. The van der Waals surface area contributed by atoms with Crippen LogP contribution >= 0.6 is 0 Å². The Morgan fingerprint density at radius 2 is 1.76 bits per heavy atom. The van der Waals surface area contributed by atoms with Gasteiger partial charge in [0, 0.05) is 19.2 Å². The molecule has 1 N–H and O–H groups in total. The molecule has 0 atom stereocenters. The standard InChI is InChI=1S/C20H22N4O4S/c1-28-10-11-29(26,27)19-8-6-18(7-9-19)20(25)22-12-16-2-4-17(5-3-16)13-24-15-21-14-23-24/h2-9,14-15H,10-13H2,1H3,(H,22,25). The van der Waals surface area contributed by atoms with Gasteiger partial charge in [0.2, 0.25) is 0 Å². The van der Waals surface area contributed by atoms with Crippen molar-refractivity contribution in [3.8, 4) is 0 Å². The molecule has 0 aliphatic carbocycles. The van der Waals surface area contributed by atoms with E-state index in [9.17, 15) is 13.2 Å². The minimum atomic E-state index is -3.41. The lowest BCUT2D eigenvalue weighted by molar-refractivity contribution is 0.0951. The van der Waals surface area contributed by atoms with Crippen LogP contribution in [0.25, 0.3) is 0 Å². The topological polar surface area (TPSA) is 103 Å². The van der Waals surface area contributed by atoms with E-state index >= 15 is 0 Å². The molecule has 9 heteroatoms. The van der Waals surface area contributed by atoms with Gasteiger partial charge in [0.25, 0.3) is 5.91 Å². The van der Waals surface area contributed by atoms with Gasteiger partial charge in [-0.1, -0.05) is 24.3 Å². The molecule has 0 fully saturated rings. The van der Waals surface area contributed by atoms with Crippen LogP contribution in [-0.4, -0.2) is 48.6 Å². The molecule has 0 bridgehead atoms. The first-order valence-corrected chi connectivity index (χ1v) is 10.6. The second kappa shape index (κ2) is 9.44. The van der Waals surface area contributed by atoms with E-state index in [-0.39, 0.29) is 23.2 Å². The molecule has 8 nitrogen and oxygen atoms in total. The fraction of sp³-hybridized carbons (Fsp3) is 0.250. The molecule has 3 rings (SSSR count). The fourth-order valence-corrected chi connectivity index (χ4v) is 3.85. The van der Waals surface area contributed by atoms with E-state index in [4.69, 9.17) is 4.74 Å². The molecule has 3 aromatic rings. The maximum atomic E-state index is 12.3. The Morgan fingerprint density at radius 1 is 1.07 bits per heavy atom. The molecule has 2 aromatic carbocycles. The molecule has 1 heterocycles. The Balaban J connectivity index is 1.55. The summed E-state index contributed by atoms with van der Waals surface area (Å²) in [4.78, 5) is 16.4. The second-order valence-electron chi connectivity index (χ2n) is 6.43. The molecule has 1 amide bonds. The largest absolute Gasteiger partial charge is 0.384 e. The summed E-state index contributed by atoms with van der Waals surface area (Å²) < 4.78 is 30.8. The molecule has 0 unspecified atom stereocenters. The quantitative estimate of drug-likeness (QED) is 0.571. The highest BCUT2D eigenvalue weighted by atomic mass is 32.2. The van der Waals surface area contributed by atoms with Crippen LogP contribution in [0, 0.1) is 0 Å². The van der Waals surface area contributed by atoms with Crippen molar-refractivity contribution >= 4 is 15.7 Å². The first-order valence-electron chi connectivity index (χ1n) is 8.98. The van der Waals surface area contributed by atoms with Crippen molar-refractivity contribution in [3.05, 3.63) is 77.9 Å². The third-order valence-corrected chi connectivity index (χ3v) is 6.01. The fourth-order valence-electron chi connectivity index (χ4n) is 2.67. The van der Waals surface area contributed by atoms with E-state index in [1.807, 2.05) is 24.3 Å². The zero-order chi connectivity index (χ0) is 20.7. The van der Waals surface area contributed by atoms with Crippen LogP contribution in [0.2, 0.25) is 0 Å². The van der Waals surface area contributed by atoms with Crippen molar-refractivity contribution in [2.45, 2.75) is 18.0 Å². The lowest BCUT2D eigenvalue weighted by atomic mass is 10.1. The van der Waals surface area contributed by atoms with Gasteiger partial charge >= 0.3 is 0 Å². The normalized spacial score (nSPS) is 11.3. The van der Waals surface area contributed by atoms with Gasteiger partial charge in [-0.2, -0.15) is 5.10 Å². The van der Waals surface area contributed by atoms with Crippen molar-refractivity contribution in [2.24, 2.45) is 0 Å². The Hall–Kier alpha value is -3.04. The molecule has 0 aliphatic heterocycles. The van der Waals surface area contributed by atoms with Crippen LogP contribution in [0.5, 0.6) is 0 Å². The van der Waals surface area contributed by atoms with Crippen molar-refractivity contribution < 1.29 is 17.9 Å². The zero-order valence-corrected chi connectivity index (χ0v) is 16.8. The van der Waals surface area contributed by atoms with E-state index in [2.05, 4.69) is 15.4 Å². The van der Waals surface area contributed by atoms with Crippen LogP contribution in [0.1, 0.15) is 21.5 Å². The first kappa shape index (κ1) is 20.7. The number of hydrogen-bond acceptors (Lipinski definition) is 6. The number of amides is 1. The molecule has 1 aromatic heterocycles. The number of nitrogens with zero attached hydrogens (tertiary/aromatic N) is 3. The van der Waals surface area contributed by atoms with Crippen LogP contribution in [0.3, 0.4) is 0 Å². The van der Waals surface area contributed by atoms with Crippen molar-refractivity contribution in [1.82, 2.24) is 20.1 Å². The summed E-state index contributed by atoms with van der Waals surface area (Å²) in [5.41, 5.74) is 2.44. The van der Waals surface area contributed by atoms with E-state index in [1.165, 1.54) is 37.7 Å². The highest BCUT2D eigenvalue weighted by Crippen LogP contribution is 2.13. The van der Waals surface area contributed by atoms with Gasteiger partial charge in [-0.15, -0.1) is 0 Å². The smallest absolute Gasteiger partial charge is 0.251 e. The number of nitrogens with one attached hydrogen (secondary N) is 1. The Bertz CT molecular complexity index is 1030.